The summed E-state index contributed by atoms with van der Waals surface area (Å²) in [4.78, 5) is 16.0. The molecule has 0 bridgehead atoms. The largest absolute Gasteiger partial charge is 0.469 e. The standard InChI is InChI=1S/C18H21ClF3N3O2/c1-10-6-12(7-24(3)15(10)27-9-18(20,21)22)8-25-11(2)17(16(19)23)5-4-13(17)14(25)26/h4-6,11,13,23H,7-9H2,1-3H3. The lowest BCUT2D eigenvalue weighted by atomic mass is 9.66. The quantitative estimate of drug-likeness (QED) is 0.566. The van der Waals surface area contributed by atoms with Crippen molar-refractivity contribution in [1.29, 1.82) is 5.41 Å². The molecular formula is C18H21ClF3N3O2. The number of nitrogens with zero attached hydrogens (tertiary/aromatic N) is 2. The van der Waals surface area contributed by atoms with Gasteiger partial charge in [-0.25, -0.2) is 0 Å². The minimum atomic E-state index is -4.40. The summed E-state index contributed by atoms with van der Waals surface area (Å²) in [5.74, 6) is -0.320. The lowest BCUT2D eigenvalue weighted by Crippen LogP contribution is -2.45. The third-order valence-corrected chi connectivity index (χ3v) is 5.79. The van der Waals surface area contributed by atoms with Crippen molar-refractivity contribution < 1.29 is 22.7 Å². The average Bonchev–Trinajstić information content (AvgIpc) is 2.62. The number of ether oxygens (including phenoxy) is 1. The first-order chi connectivity index (χ1) is 12.5. The van der Waals surface area contributed by atoms with E-state index in [1.807, 2.05) is 13.0 Å². The molecule has 27 heavy (non-hydrogen) atoms. The Balaban J connectivity index is 1.76. The molecule has 1 N–H and O–H groups in total. The number of allylic oxidation sites excluding steroid dienone is 2. The minimum Gasteiger partial charge on any atom is -0.469 e. The van der Waals surface area contributed by atoms with Crippen LogP contribution in [0.3, 0.4) is 0 Å². The Morgan fingerprint density at radius 1 is 1.48 bits per heavy atom. The van der Waals surface area contributed by atoms with Crippen molar-refractivity contribution in [2.75, 3.05) is 26.7 Å². The lowest BCUT2D eigenvalue weighted by molar-refractivity contribution is -0.169. The zero-order valence-corrected chi connectivity index (χ0v) is 16.0. The molecular weight excluding hydrogens is 383 g/mol. The molecule has 148 valence electrons. The van der Waals surface area contributed by atoms with Crippen LogP contribution in [0.5, 0.6) is 0 Å². The number of nitrogens with one attached hydrogen (secondary N) is 1. The Morgan fingerprint density at radius 2 is 2.15 bits per heavy atom. The van der Waals surface area contributed by atoms with Crippen LogP contribution in [-0.4, -0.2) is 59.8 Å². The fraction of sp³-hybridized carbons (Fsp3) is 0.556. The number of rotatable bonds is 5. The van der Waals surface area contributed by atoms with Gasteiger partial charge in [0.05, 0.1) is 11.3 Å². The van der Waals surface area contributed by atoms with Crippen molar-refractivity contribution in [2.45, 2.75) is 26.1 Å². The molecule has 5 nitrogen and oxygen atoms in total. The fourth-order valence-corrected chi connectivity index (χ4v) is 4.44. The second-order valence-corrected chi connectivity index (χ2v) is 7.65. The summed E-state index contributed by atoms with van der Waals surface area (Å²) in [5.41, 5.74) is 0.696. The topological polar surface area (TPSA) is 56.6 Å². The zero-order chi connectivity index (χ0) is 20.1. The first-order valence-corrected chi connectivity index (χ1v) is 8.90. The second-order valence-electron chi connectivity index (χ2n) is 7.28. The molecule has 0 aromatic carbocycles. The van der Waals surface area contributed by atoms with Crippen molar-refractivity contribution >= 4 is 22.7 Å². The number of carbonyl (C=O) groups is 1. The molecule has 3 aliphatic rings. The molecule has 0 aromatic heterocycles. The highest BCUT2D eigenvalue weighted by atomic mass is 35.5. The molecule has 1 fully saturated rings. The van der Waals surface area contributed by atoms with E-state index in [-0.39, 0.29) is 23.0 Å². The number of amides is 1. The van der Waals surface area contributed by atoms with E-state index in [9.17, 15) is 18.0 Å². The van der Waals surface area contributed by atoms with Gasteiger partial charge in [0.2, 0.25) is 5.91 Å². The van der Waals surface area contributed by atoms with E-state index in [0.29, 0.717) is 18.7 Å². The number of likely N-dealkylation sites (N-methyl/N-ethyl adjacent to an activating group) is 1. The maximum atomic E-state index is 12.7. The van der Waals surface area contributed by atoms with Gasteiger partial charge in [0.15, 0.2) is 12.5 Å². The molecule has 0 spiro atoms. The first-order valence-electron chi connectivity index (χ1n) is 8.52. The van der Waals surface area contributed by atoms with Gasteiger partial charge < -0.3 is 14.5 Å². The van der Waals surface area contributed by atoms with Gasteiger partial charge in [0, 0.05) is 31.8 Å². The Morgan fingerprint density at radius 3 is 2.59 bits per heavy atom. The van der Waals surface area contributed by atoms with Crippen molar-refractivity contribution in [3.63, 3.8) is 0 Å². The van der Waals surface area contributed by atoms with E-state index < -0.39 is 24.1 Å². The average molecular weight is 404 g/mol. The summed E-state index contributed by atoms with van der Waals surface area (Å²) < 4.78 is 42.2. The summed E-state index contributed by atoms with van der Waals surface area (Å²) in [6.45, 7) is 2.88. The van der Waals surface area contributed by atoms with Crippen LogP contribution in [0, 0.1) is 16.7 Å². The fourth-order valence-electron chi connectivity index (χ4n) is 4.10. The monoisotopic (exact) mass is 403 g/mol. The van der Waals surface area contributed by atoms with E-state index in [0.717, 1.165) is 5.57 Å². The van der Waals surface area contributed by atoms with Crippen LogP contribution in [-0.2, 0) is 9.53 Å². The SMILES string of the molecule is CC1=C(OCC(F)(F)F)N(C)CC(CN2C(=O)C3C=CC3(C(=N)Cl)C2C)=C1. The van der Waals surface area contributed by atoms with E-state index in [1.165, 1.54) is 0 Å². The number of carbonyl (C=O) groups excluding carboxylic acids is 1. The Labute approximate surface area is 160 Å². The Kier molecular flexibility index (Phi) is 4.82. The first kappa shape index (κ1) is 19.8. The lowest BCUT2D eigenvalue weighted by Gasteiger charge is -2.38. The van der Waals surface area contributed by atoms with Gasteiger partial charge in [-0.15, -0.1) is 0 Å². The van der Waals surface area contributed by atoms with Crippen LogP contribution >= 0.6 is 11.6 Å². The summed E-state index contributed by atoms with van der Waals surface area (Å²) in [6, 6.07) is -0.261. The van der Waals surface area contributed by atoms with E-state index in [1.54, 1.807) is 35.9 Å². The maximum absolute atomic E-state index is 12.7. The highest BCUT2D eigenvalue weighted by Gasteiger charge is 2.61. The molecule has 1 aliphatic carbocycles. The normalized spacial score (nSPS) is 30.3. The Hall–Kier alpha value is -1.96. The van der Waals surface area contributed by atoms with Gasteiger partial charge >= 0.3 is 6.18 Å². The third-order valence-electron chi connectivity index (χ3n) is 5.46. The number of fused-ring (bicyclic) bond motifs is 1. The number of alkyl halides is 3. The zero-order valence-electron chi connectivity index (χ0n) is 15.2. The second kappa shape index (κ2) is 6.58. The Bertz CT molecular complexity index is 774. The van der Waals surface area contributed by atoms with Gasteiger partial charge in [-0.3, -0.25) is 10.2 Å². The van der Waals surface area contributed by atoms with Gasteiger partial charge in [-0.2, -0.15) is 13.2 Å². The molecule has 2 aliphatic heterocycles. The number of likely N-dealkylation sites (tertiary alicyclic amines) is 1. The van der Waals surface area contributed by atoms with Crippen LogP contribution in [0.1, 0.15) is 13.8 Å². The van der Waals surface area contributed by atoms with Crippen LogP contribution in [0.4, 0.5) is 13.2 Å². The van der Waals surface area contributed by atoms with Crippen molar-refractivity contribution in [3.05, 3.63) is 35.3 Å². The molecule has 1 saturated heterocycles. The molecule has 9 heteroatoms. The summed E-state index contributed by atoms with van der Waals surface area (Å²) >= 11 is 5.99. The number of hydrogen-bond donors (Lipinski definition) is 1. The molecule has 3 atom stereocenters. The van der Waals surface area contributed by atoms with Crippen molar-refractivity contribution in [1.82, 2.24) is 9.80 Å². The van der Waals surface area contributed by atoms with Crippen molar-refractivity contribution in [2.24, 2.45) is 11.3 Å². The van der Waals surface area contributed by atoms with Crippen LogP contribution in [0.2, 0.25) is 0 Å². The predicted molar refractivity (Wildman–Crippen MR) is 95.2 cm³/mol. The summed E-state index contributed by atoms with van der Waals surface area (Å²) in [6.07, 6.45) is 0.941. The molecule has 0 aromatic rings. The van der Waals surface area contributed by atoms with Gasteiger partial charge in [0.25, 0.3) is 0 Å². The number of hydrogen-bond acceptors (Lipinski definition) is 4. The van der Waals surface area contributed by atoms with E-state index in [2.05, 4.69) is 0 Å². The van der Waals surface area contributed by atoms with Gasteiger partial charge in [-0.05, 0) is 19.4 Å². The molecule has 0 saturated carbocycles. The number of halogens is 4. The molecule has 2 heterocycles. The van der Waals surface area contributed by atoms with Crippen molar-refractivity contribution in [3.8, 4) is 0 Å². The summed E-state index contributed by atoms with van der Waals surface area (Å²) in [7, 11) is 1.65. The van der Waals surface area contributed by atoms with E-state index in [4.69, 9.17) is 21.7 Å². The minimum absolute atomic E-state index is 0.0491. The van der Waals surface area contributed by atoms with Gasteiger partial charge in [0.1, 0.15) is 5.17 Å². The van der Waals surface area contributed by atoms with Gasteiger partial charge in [-0.1, -0.05) is 29.8 Å². The van der Waals surface area contributed by atoms with Crippen LogP contribution in [0.15, 0.2) is 35.3 Å². The molecule has 3 unspecified atom stereocenters. The third kappa shape index (κ3) is 3.24. The summed E-state index contributed by atoms with van der Waals surface area (Å²) in [5, 5.41) is 7.83. The molecule has 1 amide bonds. The van der Waals surface area contributed by atoms with Crippen LogP contribution in [0.25, 0.3) is 0 Å². The smallest absolute Gasteiger partial charge is 0.422 e. The predicted octanol–water partition coefficient (Wildman–Crippen LogP) is 3.29. The van der Waals surface area contributed by atoms with Crippen LogP contribution < -0.4 is 0 Å². The highest BCUT2D eigenvalue weighted by molar-refractivity contribution is 6.66. The molecule has 0 radical (unpaired) electrons. The maximum Gasteiger partial charge on any atom is 0.422 e. The van der Waals surface area contributed by atoms with E-state index >= 15 is 0 Å². The molecule has 3 rings (SSSR count). The highest BCUT2D eigenvalue weighted by Crippen LogP contribution is 2.52.